The second-order valence-corrected chi connectivity index (χ2v) is 21.7. The summed E-state index contributed by atoms with van der Waals surface area (Å²) in [4.78, 5) is 12.6. The molecule has 0 saturated heterocycles. The molecule has 0 spiro atoms. The number of nitrogens with one attached hydrogen (secondary N) is 1. The predicted octanol–water partition coefficient (Wildman–Crippen LogP) is 18.8. The first-order chi connectivity index (χ1) is 34.5. The second-order valence-electron chi connectivity index (χ2n) is 21.7. The Hall–Kier alpha value is -1.47. The molecule has 5 N–H and O–H groups in total. The maximum atomic E-state index is 12.6. The van der Waals surface area contributed by atoms with Crippen LogP contribution >= 0.6 is 0 Å². The van der Waals surface area contributed by atoms with Crippen molar-refractivity contribution in [3.05, 3.63) is 36.5 Å². The van der Waals surface area contributed by atoms with Crippen LogP contribution in [-0.4, -0.2) is 57.3 Å². The third-order valence-corrected chi connectivity index (χ3v) is 14.8. The summed E-state index contributed by atoms with van der Waals surface area (Å²) in [6, 6.07) is -1.01. The number of aliphatic hydroxyl groups is 4. The molecule has 0 radical (unpaired) electrons. The van der Waals surface area contributed by atoms with Crippen molar-refractivity contribution < 1.29 is 25.2 Å². The lowest BCUT2D eigenvalue weighted by molar-refractivity contribution is -0.132. The van der Waals surface area contributed by atoms with Gasteiger partial charge in [0.25, 0.3) is 0 Å². The average Bonchev–Trinajstić information content (AvgIpc) is 3.36. The first-order valence-corrected chi connectivity index (χ1v) is 31.4. The molecule has 414 valence electrons. The van der Waals surface area contributed by atoms with Crippen LogP contribution in [-0.2, 0) is 4.79 Å². The van der Waals surface area contributed by atoms with Gasteiger partial charge < -0.3 is 25.7 Å². The number of carbonyl (C=O) groups is 1. The molecule has 6 nitrogen and oxygen atoms in total. The number of amides is 1. The Balaban J connectivity index is 3.63. The lowest BCUT2D eigenvalue weighted by Crippen LogP contribution is -2.53. The summed E-state index contributed by atoms with van der Waals surface area (Å²) >= 11 is 0. The van der Waals surface area contributed by atoms with E-state index in [-0.39, 0.29) is 0 Å². The molecule has 0 heterocycles. The van der Waals surface area contributed by atoms with Crippen molar-refractivity contribution in [2.24, 2.45) is 0 Å². The number of unbranched alkanes of at least 4 members (excludes halogenated alkanes) is 43. The van der Waals surface area contributed by atoms with Gasteiger partial charge >= 0.3 is 0 Å². The summed E-state index contributed by atoms with van der Waals surface area (Å²) in [7, 11) is 0. The molecule has 1 amide bonds. The molecule has 0 saturated carbocycles. The van der Waals surface area contributed by atoms with Gasteiger partial charge in [0.15, 0.2) is 0 Å². The minimum absolute atomic E-state index is 0.361. The van der Waals surface area contributed by atoms with E-state index in [1.165, 1.54) is 263 Å². The molecule has 4 unspecified atom stereocenters. The molecule has 0 aromatic carbocycles. The number of rotatable bonds is 58. The summed E-state index contributed by atoms with van der Waals surface area (Å²) < 4.78 is 0. The van der Waals surface area contributed by atoms with Gasteiger partial charge in [0, 0.05) is 0 Å². The van der Waals surface area contributed by atoms with Gasteiger partial charge in [0.05, 0.1) is 18.8 Å². The zero-order valence-corrected chi connectivity index (χ0v) is 47.0. The van der Waals surface area contributed by atoms with Gasteiger partial charge in [-0.05, 0) is 77.0 Å². The van der Waals surface area contributed by atoms with E-state index in [1.54, 1.807) is 0 Å². The normalized spacial score (nSPS) is 13.9. The molecule has 70 heavy (non-hydrogen) atoms. The number of hydrogen-bond acceptors (Lipinski definition) is 5. The van der Waals surface area contributed by atoms with E-state index < -0.39 is 36.9 Å². The van der Waals surface area contributed by atoms with Crippen LogP contribution < -0.4 is 5.32 Å². The lowest BCUT2D eigenvalue weighted by atomic mass is 10.00. The van der Waals surface area contributed by atoms with Crippen molar-refractivity contribution in [2.75, 3.05) is 6.61 Å². The predicted molar refractivity (Wildman–Crippen MR) is 307 cm³/mol. The first-order valence-electron chi connectivity index (χ1n) is 31.4. The van der Waals surface area contributed by atoms with Gasteiger partial charge in [-0.3, -0.25) is 4.79 Å². The SMILES string of the molecule is CCCCCCCCCCCCCC/C=C\CCCCCCCCCCCCCCCC(O)C(=O)NC(CO)C(O)C(O)CCC/C=C/CC/C=C/CCCCCCCCCCCCCCCCCC. The monoisotopic (exact) mass is 986 g/mol. The molecule has 6 heteroatoms. The van der Waals surface area contributed by atoms with Crippen molar-refractivity contribution in [3.8, 4) is 0 Å². The summed E-state index contributed by atoms with van der Waals surface area (Å²) in [5, 5.41) is 44.1. The molecule has 0 bridgehead atoms. The van der Waals surface area contributed by atoms with Gasteiger partial charge in [0.2, 0.25) is 5.91 Å². The average molecular weight is 987 g/mol. The van der Waals surface area contributed by atoms with Crippen molar-refractivity contribution in [3.63, 3.8) is 0 Å². The summed E-state index contributed by atoms with van der Waals surface area (Å²) in [6.07, 6.45) is 73.8. The Bertz CT molecular complexity index is 1110. The quantitative estimate of drug-likeness (QED) is 0.0308. The number of aliphatic hydroxyl groups excluding tert-OH is 4. The van der Waals surface area contributed by atoms with Gasteiger partial charge in [0.1, 0.15) is 12.2 Å². The third kappa shape index (κ3) is 51.4. The Labute approximate surface area is 437 Å². The van der Waals surface area contributed by atoms with Gasteiger partial charge in [-0.15, -0.1) is 0 Å². The fraction of sp³-hybridized carbons (Fsp3) is 0.891. The summed E-state index contributed by atoms with van der Waals surface area (Å²) in [5.74, 6) is -0.593. The van der Waals surface area contributed by atoms with E-state index in [0.29, 0.717) is 19.3 Å². The minimum Gasteiger partial charge on any atom is -0.394 e. The zero-order chi connectivity index (χ0) is 50.9. The third-order valence-electron chi connectivity index (χ3n) is 14.8. The van der Waals surface area contributed by atoms with Crippen molar-refractivity contribution >= 4 is 5.91 Å². The highest BCUT2D eigenvalue weighted by molar-refractivity contribution is 5.80. The van der Waals surface area contributed by atoms with Gasteiger partial charge in [-0.1, -0.05) is 294 Å². The summed E-state index contributed by atoms with van der Waals surface area (Å²) in [5.41, 5.74) is 0. The van der Waals surface area contributed by atoms with E-state index in [1.807, 2.05) is 0 Å². The zero-order valence-electron chi connectivity index (χ0n) is 47.0. The molecule has 0 aliphatic carbocycles. The Morgan fingerprint density at radius 2 is 0.600 bits per heavy atom. The Morgan fingerprint density at radius 3 is 0.900 bits per heavy atom. The number of allylic oxidation sites excluding steroid dienone is 6. The number of carbonyl (C=O) groups excluding carboxylic acids is 1. The maximum Gasteiger partial charge on any atom is 0.249 e. The van der Waals surface area contributed by atoms with E-state index in [2.05, 4.69) is 55.6 Å². The lowest BCUT2D eigenvalue weighted by Gasteiger charge is -2.27. The second kappa shape index (κ2) is 58.4. The van der Waals surface area contributed by atoms with E-state index in [9.17, 15) is 25.2 Å². The molecule has 0 aromatic rings. The van der Waals surface area contributed by atoms with E-state index in [0.717, 1.165) is 38.5 Å². The highest BCUT2D eigenvalue weighted by Crippen LogP contribution is 2.18. The van der Waals surface area contributed by atoms with Crippen molar-refractivity contribution in [1.82, 2.24) is 5.32 Å². The first kappa shape index (κ1) is 68.5. The van der Waals surface area contributed by atoms with Crippen LogP contribution in [0.5, 0.6) is 0 Å². The smallest absolute Gasteiger partial charge is 0.249 e. The Kier molecular flexibility index (Phi) is 57.2. The molecular formula is C64H123NO5. The molecule has 0 fully saturated rings. The highest BCUT2D eigenvalue weighted by atomic mass is 16.3. The van der Waals surface area contributed by atoms with E-state index in [4.69, 9.17) is 0 Å². The van der Waals surface area contributed by atoms with Crippen LogP contribution in [0.25, 0.3) is 0 Å². The summed E-state index contributed by atoms with van der Waals surface area (Å²) in [6.45, 7) is 4.08. The molecule has 4 atom stereocenters. The van der Waals surface area contributed by atoms with Crippen LogP contribution in [0.1, 0.15) is 335 Å². The van der Waals surface area contributed by atoms with Crippen LogP contribution in [0.2, 0.25) is 0 Å². The van der Waals surface area contributed by atoms with Gasteiger partial charge in [-0.2, -0.15) is 0 Å². The van der Waals surface area contributed by atoms with Crippen molar-refractivity contribution in [2.45, 2.75) is 359 Å². The van der Waals surface area contributed by atoms with Crippen molar-refractivity contribution in [1.29, 1.82) is 0 Å². The van der Waals surface area contributed by atoms with E-state index >= 15 is 0 Å². The topological polar surface area (TPSA) is 110 Å². The van der Waals surface area contributed by atoms with Crippen LogP contribution in [0.3, 0.4) is 0 Å². The number of hydrogen-bond donors (Lipinski definition) is 5. The highest BCUT2D eigenvalue weighted by Gasteiger charge is 2.28. The Morgan fingerprint density at radius 1 is 0.343 bits per heavy atom. The maximum absolute atomic E-state index is 12.6. The molecule has 0 aromatic heterocycles. The minimum atomic E-state index is -1.29. The standard InChI is InChI=1S/C64H123NO5/c1-3-5-7-9-11-13-15-17-19-21-23-25-27-29-30-31-32-34-36-38-40-42-44-46-48-50-52-54-56-58-62(68)64(70)65-60(59-66)63(69)61(67)57-55-53-51-49-47-45-43-41-39-37-35-33-28-26-24-22-20-18-16-14-12-10-8-6-4-2/h29-30,41,43,49,51,60-63,66-69H,3-28,31-40,42,44-48,50,52-59H2,1-2H3,(H,65,70)/b30-29-,43-41+,51-49+. The molecule has 0 rings (SSSR count). The van der Waals surface area contributed by atoms with Crippen LogP contribution in [0.4, 0.5) is 0 Å². The van der Waals surface area contributed by atoms with Crippen LogP contribution in [0, 0.1) is 0 Å². The largest absolute Gasteiger partial charge is 0.394 e. The molecule has 0 aliphatic rings. The molecule has 0 aliphatic heterocycles. The van der Waals surface area contributed by atoms with Crippen LogP contribution in [0.15, 0.2) is 36.5 Å². The fourth-order valence-electron chi connectivity index (χ4n) is 9.89. The van der Waals surface area contributed by atoms with Gasteiger partial charge in [-0.25, -0.2) is 0 Å². The molecular weight excluding hydrogens is 863 g/mol. The fourth-order valence-corrected chi connectivity index (χ4v) is 9.89.